The van der Waals surface area contributed by atoms with E-state index in [-0.39, 0.29) is 6.03 Å². The van der Waals surface area contributed by atoms with Gasteiger partial charge in [-0.3, -0.25) is 0 Å². The van der Waals surface area contributed by atoms with Crippen molar-refractivity contribution in [3.05, 3.63) is 53.1 Å². The lowest BCUT2D eigenvalue weighted by molar-refractivity contribution is 0.205. The molecule has 28 heavy (non-hydrogen) atoms. The van der Waals surface area contributed by atoms with Gasteiger partial charge in [-0.05, 0) is 49.1 Å². The van der Waals surface area contributed by atoms with Gasteiger partial charge in [0.05, 0.1) is 13.7 Å². The van der Waals surface area contributed by atoms with Crippen LogP contribution in [0.15, 0.2) is 36.4 Å². The Labute approximate surface area is 167 Å². The third-order valence-electron chi connectivity index (χ3n) is 5.09. The van der Waals surface area contributed by atoms with E-state index in [4.69, 9.17) is 9.47 Å². The van der Waals surface area contributed by atoms with Crippen molar-refractivity contribution in [2.24, 2.45) is 0 Å². The van der Waals surface area contributed by atoms with Crippen LogP contribution in [0.4, 0.5) is 10.5 Å². The van der Waals surface area contributed by atoms with E-state index in [0.717, 1.165) is 53.1 Å². The molecule has 0 aliphatic carbocycles. The molecule has 1 aliphatic rings. The van der Waals surface area contributed by atoms with E-state index in [2.05, 4.69) is 12.2 Å². The second kappa shape index (κ2) is 9.49. The molecule has 0 saturated heterocycles. The van der Waals surface area contributed by atoms with Crippen molar-refractivity contribution in [2.75, 3.05) is 25.6 Å². The van der Waals surface area contributed by atoms with Crippen LogP contribution in [0.3, 0.4) is 0 Å². The second-order valence-electron chi connectivity index (χ2n) is 7.26. The summed E-state index contributed by atoms with van der Waals surface area (Å²) in [7, 11) is 1.67. The molecular weight excluding hydrogens is 352 g/mol. The SMILES string of the molecule is CCCCCOc1c(OC)ccc2c1CCN(C(=O)Nc1cccc(C)c1)C2. The first-order chi connectivity index (χ1) is 13.6. The molecule has 0 atom stereocenters. The molecule has 1 heterocycles. The van der Waals surface area contributed by atoms with Gasteiger partial charge >= 0.3 is 6.03 Å². The van der Waals surface area contributed by atoms with Crippen LogP contribution >= 0.6 is 0 Å². The summed E-state index contributed by atoms with van der Waals surface area (Å²) in [6, 6.07) is 11.8. The van der Waals surface area contributed by atoms with Gasteiger partial charge in [-0.1, -0.05) is 38.0 Å². The van der Waals surface area contributed by atoms with E-state index in [1.807, 2.05) is 48.2 Å². The highest BCUT2D eigenvalue weighted by Crippen LogP contribution is 2.37. The second-order valence-corrected chi connectivity index (χ2v) is 7.26. The fourth-order valence-electron chi connectivity index (χ4n) is 3.54. The van der Waals surface area contributed by atoms with Gasteiger partial charge in [0.2, 0.25) is 0 Å². The number of aryl methyl sites for hydroxylation is 1. The largest absolute Gasteiger partial charge is 0.493 e. The van der Waals surface area contributed by atoms with Crippen LogP contribution in [0, 0.1) is 6.92 Å². The minimum absolute atomic E-state index is 0.0718. The smallest absolute Gasteiger partial charge is 0.322 e. The molecule has 2 aromatic carbocycles. The Morgan fingerprint density at radius 1 is 1.21 bits per heavy atom. The van der Waals surface area contributed by atoms with E-state index in [1.54, 1.807) is 7.11 Å². The van der Waals surface area contributed by atoms with E-state index < -0.39 is 0 Å². The molecule has 3 rings (SSSR count). The van der Waals surface area contributed by atoms with Crippen molar-refractivity contribution < 1.29 is 14.3 Å². The standard InChI is InChI=1S/C23H30N2O3/c1-4-5-6-14-28-22-20-12-13-25(16-18(20)10-11-21(22)27-3)23(26)24-19-9-7-8-17(2)15-19/h7-11,15H,4-6,12-14,16H2,1-3H3,(H,24,26). The molecule has 150 valence electrons. The van der Waals surface area contributed by atoms with Crippen LogP contribution < -0.4 is 14.8 Å². The van der Waals surface area contributed by atoms with Crippen molar-refractivity contribution in [3.8, 4) is 11.5 Å². The topological polar surface area (TPSA) is 50.8 Å². The van der Waals surface area contributed by atoms with Crippen LogP contribution in [0.25, 0.3) is 0 Å². The number of ether oxygens (including phenoxy) is 2. The van der Waals surface area contributed by atoms with Crippen LogP contribution in [0.1, 0.15) is 42.9 Å². The lowest BCUT2D eigenvalue weighted by Gasteiger charge is -2.30. The molecule has 0 spiro atoms. The van der Waals surface area contributed by atoms with E-state index in [0.29, 0.717) is 19.7 Å². The average Bonchev–Trinajstić information content (AvgIpc) is 2.70. The predicted molar refractivity (Wildman–Crippen MR) is 112 cm³/mol. The number of methoxy groups -OCH3 is 1. The number of nitrogens with zero attached hydrogens (tertiary/aromatic N) is 1. The molecular formula is C23H30N2O3. The van der Waals surface area contributed by atoms with E-state index in [1.165, 1.54) is 6.42 Å². The van der Waals surface area contributed by atoms with Crippen LogP contribution in [0.2, 0.25) is 0 Å². The van der Waals surface area contributed by atoms with Crippen molar-refractivity contribution in [1.29, 1.82) is 0 Å². The number of anilines is 1. The summed E-state index contributed by atoms with van der Waals surface area (Å²) in [5.41, 5.74) is 4.23. The highest BCUT2D eigenvalue weighted by Gasteiger charge is 2.25. The van der Waals surface area contributed by atoms with Crippen molar-refractivity contribution >= 4 is 11.7 Å². The van der Waals surface area contributed by atoms with Crippen molar-refractivity contribution in [1.82, 2.24) is 4.90 Å². The molecule has 1 N–H and O–H groups in total. The maximum absolute atomic E-state index is 12.7. The Balaban J connectivity index is 1.71. The summed E-state index contributed by atoms with van der Waals surface area (Å²) in [4.78, 5) is 14.5. The number of amides is 2. The maximum Gasteiger partial charge on any atom is 0.322 e. The number of urea groups is 1. The van der Waals surface area contributed by atoms with Crippen LogP contribution in [0.5, 0.6) is 11.5 Å². The third-order valence-corrected chi connectivity index (χ3v) is 5.09. The number of hydrogen-bond donors (Lipinski definition) is 1. The maximum atomic E-state index is 12.7. The van der Waals surface area contributed by atoms with Gasteiger partial charge in [-0.15, -0.1) is 0 Å². The number of rotatable bonds is 7. The molecule has 0 unspecified atom stereocenters. The molecule has 2 amide bonds. The summed E-state index contributed by atoms with van der Waals surface area (Å²) >= 11 is 0. The fraction of sp³-hybridized carbons (Fsp3) is 0.435. The third kappa shape index (κ3) is 4.77. The average molecular weight is 383 g/mol. The number of carbonyl (C=O) groups excluding carboxylic acids is 1. The molecule has 0 radical (unpaired) electrons. The number of hydrogen-bond acceptors (Lipinski definition) is 3. The molecule has 5 nitrogen and oxygen atoms in total. The van der Waals surface area contributed by atoms with Gasteiger partial charge in [0.15, 0.2) is 11.5 Å². The van der Waals surface area contributed by atoms with Gasteiger partial charge in [0.1, 0.15) is 0 Å². The van der Waals surface area contributed by atoms with Crippen molar-refractivity contribution in [3.63, 3.8) is 0 Å². The Hall–Kier alpha value is -2.69. The van der Waals surface area contributed by atoms with Gasteiger partial charge in [0.25, 0.3) is 0 Å². The fourth-order valence-corrected chi connectivity index (χ4v) is 3.54. The Bertz CT molecular complexity index is 819. The zero-order valence-corrected chi connectivity index (χ0v) is 17.1. The van der Waals surface area contributed by atoms with E-state index in [9.17, 15) is 4.79 Å². The number of unbranched alkanes of at least 4 members (excludes halogenated alkanes) is 2. The quantitative estimate of drug-likeness (QED) is 0.673. The summed E-state index contributed by atoms with van der Waals surface area (Å²) in [6.07, 6.45) is 4.12. The Morgan fingerprint density at radius 3 is 2.82 bits per heavy atom. The molecule has 1 aliphatic heterocycles. The molecule has 5 heteroatoms. The van der Waals surface area contributed by atoms with Gasteiger partial charge < -0.3 is 19.7 Å². The number of nitrogens with one attached hydrogen (secondary N) is 1. The summed E-state index contributed by atoms with van der Waals surface area (Å²) in [6.45, 7) is 6.12. The highest BCUT2D eigenvalue weighted by atomic mass is 16.5. The molecule has 2 aromatic rings. The normalized spacial score (nSPS) is 13.0. The lowest BCUT2D eigenvalue weighted by Crippen LogP contribution is -2.39. The van der Waals surface area contributed by atoms with Crippen LogP contribution in [-0.4, -0.2) is 31.2 Å². The Morgan fingerprint density at radius 2 is 2.07 bits per heavy atom. The number of fused-ring (bicyclic) bond motifs is 1. The predicted octanol–water partition coefficient (Wildman–Crippen LogP) is 5.16. The van der Waals surface area contributed by atoms with Gasteiger partial charge in [0, 0.05) is 24.3 Å². The highest BCUT2D eigenvalue weighted by molar-refractivity contribution is 5.89. The molecule has 0 fully saturated rings. The zero-order valence-electron chi connectivity index (χ0n) is 17.1. The van der Waals surface area contributed by atoms with Crippen molar-refractivity contribution in [2.45, 2.75) is 46.1 Å². The zero-order chi connectivity index (χ0) is 19.9. The molecule has 0 bridgehead atoms. The van der Waals surface area contributed by atoms with Crippen LogP contribution in [-0.2, 0) is 13.0 Å². The minimum atomic E-state index is -0.0718. The first kappa shape index (κ1) is 20.1. The number of carbonyl (C=O) groups is 1. The van der Waals surface area contributed by atoms with Gasteiger partial charge in [-0.2, -0.15) is 0 Å². The van der Waals surface area contributed by atoms with E-state index >= 15 is 0 Å². The first-order valence-corrected chi connectivity index (χ1v) is 10.1. The summed E-state index contributed by atoms with van der Waals surface area (Å²) in [5.74, 6) is 1.61. The lowest BCUT2D eigenvalue weighted by atomic mass is 9.98. The summed E-state index contributed by atoms with van der Waals surface area (Å²) in [5, 5.41) is 3.00. The minimum Gasteiger partial charge on any atom is -0.493 e. The molecule has 0 saturated carbocycles. The molecule has 0 aromatic heterocycles. The Kier molecular flexibility index (Phi) is 6.80. The van der Waals surface area contributed by atoms with Gasteiger partial charge in [-0.25, -0.2) is 4.79 Å². The first-order valence-electron chi connectivity index (χ1n) is 10.1. The number of benzene rings is 2. The monoisotopic (exact) mass is 382 g/mol. The summed E-state index contributed by atoms with van der Waals surface area (Å²) < 4.78 is 11.6.